The SMILES string of the molecule is CN=C(N)N/N=C\CCc1cc(F)c(CSc2nc3c(n2-c2ccc(F)cc2)C(c2ccc(Cl)c(OC)c2)CCC3)c(F)c1. The molecule has 44 heavy (non-hydrogen) atoms. The molecule has 0 bridgehead atoms. The zero-order valence-corrected chi connectivity index (χ0v) is 25.9. The van der Waals surface area contributed by atoms with Crippen LogP contribution in [0.3, 0.4) is 0 Å². The first-order chi connectivity index (χ1) is 21.3. The minimum absolute atomic E-state index is 0.0233. The summed E-state index contributed by atoms with van der Waals surface area (Å²) in [6, 6.07) is 14.6. The Morgan fingerprint density at radius 1 is 1.16 bits per heavy atom. The lowest BCUT2D eigenvalue weighted by Gasteiger charge is -2.26. The summed E-state index contributed by atoms with van der Waals surface area (Å²) in [5, 5.41) is 5.02. The van der Waals surface area contributed by atoms with E-state index in [0.29, 0.717) is 34.3 Å². The molecular weight excluding hydrogens is 609 g/mol. The number of halogens is 4. The van der Waals surface area contributed by atoms with Crippen molar-refractivity contribution in [2.45, 2.75) is 48.9 Å². The number of hydrazone groups is 1. The van der Waals surface area contributed by atoms with E-state index in [1.54, 1.807) is 25.5 Å². The smallest absolute Gasteiger partial charge is 0.209 e. The number of nitrogens with one attached hydrogen (secondary N) is 1. The molecule has 1 aromatic heterocycles. The molecule has 1 aliphatic carbocycles. The number of aromatic nitrogens is 2. The van der Waals surface area contributed by atoms with Crippen molar-refractivity contribution in [2.24, 2.45) is 15.8 Å². The number of rotatable bonds is 10. The number of ether oxygens (including phenoxy) is 1. The molecule has 4 aromatic rings. The Bertz CT molecular complexity index is 1670. The van der Waals surface area contributed by atoms with Gasteiger partial charge in [0, 0.05) is 36.2 Å². The van der Waals surface area contributed by atoms with Crippen molar-refractivity contribution < 1.29 is 17.9 Å². The predicted octanol–water partition coefficient (Wildman–Crippen LogP) is 7.16. The highest BCUT2D eigenvalue weighted by molar-refractivity contribution is 7.98. The second kappa shape index (κ2) is 14.2. The fourth-order valence-electron chi connectivity index (χ4n) is 5.29. The summed E-state index contributed by atoms with van der Waals surface area (Å²) in [6.45, 7) is 0. The van der Waals surface area contributed by atoms with Gasteiger partial charge in [-0.1, -0.05) is 29.4 Å². The molecule has 1 aliphatic rings. The van der Waals surface area contributed by atoms with Gasteiger partial charge in [0.25, 0.3) is 0 Å². The molecule has 0 aliphatic heterocycles. The van der Waals surface area contributed by atoms with Crippen molar-refractivity contribution in [3.05, 3.63) is 105 Å². The quantitative estimate of drug-likeness (QED) is 0.0831. The van der Waals surface area contributed by atoms with Crippen LogP contribution in [0.15, 0.2) is 69.8 Å². The summed E-state index contributed by atoms with van der Waals surface area (Å²) in [7, 11) is 3.11. The number of aryl methyl sites for hydroxylation is 2. The number of nitrogens with two attached hydrogens (primary N) is 1. The van der Waals surface area contributed by atoms with Crippen LogP contribution in [0.4, 0.5) is 13.2 Å². The van der Waals surface area contributed by atoms with Crippen LogP contribution < -0.4 is 15.9 Å². The molecule has 0 amide bonds. The van der Waals surface area contributed by atoms with Crippen LogP contribution in [-0.4, -0.2) is 35.9 Å². The molecule has 12 heteroatoms. The van der Waals surface area contributed by atoms with Gasteiger partial charge in [-0.05, 0) is 91.8 Å². The minimum Gasteiger partial charge on any atom is -0.495 e. The van der Waals surface area contributed by atoms with Crippen molar-refractivity contribution >= 4 is 35.5 Å². The van der Waals surface area contributed by atoms with Gasteiger partial charge < -0.3 is 10.5 Å². The molecule has 0 radical (unpaired) electrons. The lowest BCUT2D eigenvalue weighted by Crippen LogP contribution is -2.26. The summed E-state index contributed by atoms with van der Waals surface area (Å²) in [6.07, 6.45) is 4.96. The standard InChI is InChI=1S/C32H32ClF3N6OS/c1-38-31(37)41-39-14-4-5-19-15-26(35)24(27(36)16-19)18-44-32-40-28-7-3-6-23(20-8-13-25(33)29(17-20)43-2)30(28)42(32)22-11-9-21(34)10-12-22/h8-17,23H,3-7,18H2,1-2H3,(H3,37,38,41)/b39-14-. The summed E-state index contributed by atoms with van der Waals surface area (Å²) < 4.78 is 51.8. The molecule has 1 atom stereocenters. The van der Waals surface area contributed by atoms with E-state index >= 15 is 8.78 Å². The van der Waals surface area contributed by atoms with E-state index in [1.165, 1.54) is 43.1 Å². The molecule has 0 saturated heterocycles. The van der Waals surface area contributed by atoms with Crippen molar-refractivity contribution in [1.29, 1.82) is 0 Å². The second-order valence-electron chi connectivity index (χ2n) is 10.3. The summed E-state index contributed by atoms with van der Waals surface area (Å²) in [4.78, 5) is 8.67. The molecule has 1 heterocycles. The van der Waals surface area contributed by atoms with Crippen LogP contribution in [0.2, 0.25) is 5.02 Å². The maximum absolute atomic E-state index is 15.2. The number of guanidine groups is 1. The first kappa shape index (κ1) is 31.5. The third-order valence-electron chi connectivity index (χ3n) is 7.48. The number of methoxy groups -OCH3 is 1. The van der Waals surface area contributed by atoms with Gasteiger partial charge >= 0.3 is 0 Å². The minimum atomic E-state index is -0.624. The van der Waals surface area contributed by atoms with Gasteiger partial charge in [-0.2, -0.15) is 5.10 Å². The van der Waals surface area contributed by atoms with E-state index in [9.17, 15) is 4.39 Å². The molecule has 0 fully saturated rings. The Morgan fingerprint density at radius 2 is 1.91 bits per heavy atom. The van der Waals surface area contributed by atoms with Gasteiger partial charge in [0.2, 0.25) is 5.96 Å². The van der Waals surface area contributed by atoms with E-state index in [0.717, 1.165) is 41.9 Å². The fraction of sp³-hybridized carbons (Fsp3) is 0.281. The molecule has 1 unspecified atom stereocenters. The Hall–Kier alpha value is -3.96. The van der Waals surface area contributed by atoms with Crippen molar-refractivity contribution in [1.82, 2.24) is 15.0 Å². The normalized spacial score (nSPS) is 15.0. The number of thioether (sulfide) groups is 1. The number of fused-ring (bicyclic) bond motifs is 1. The average molecular weight is 641 g/mol. The number of hydrogen-bond acceptors (Lipinski definition) is 5. The van der Waals surface area contributed by atoms with Gasteiger partial charge in [-0.25, -0.2) is 23.6 Å². The molecule has 0 spiro atoms. The summed E-state index contributed by atoms with van der Waals surface area (Å²) >= 11 is 7.55. The second-order valence-corrected chi connectivity index (χ2v) is 11.6. The van der Waals surface area contributed by atoms with Gasteiger partial charge in [0.15, 0.2) is 5.16 Å². The molecule has 230 valence electrons. The monoisotopic (exact) mass is 640 g/mol. The van der Waals surface area contributed by atoms with Gasteiger partial charge in [-0.3, -0.25) is 9.56 Å². The van der Waals surface area contributed by atoms with E-state index in [1.807, 2.05) is 22.8 Å². The Labute approximate surface area is 263 Å². The first-order valence-corrected chi connectivity index (χ1v) is 15.5. The predicted molar refractivity (Wildman–Crippen MR) is 170 cm³/mol. The maximum atomic E-state index is 15.2. The molecule has 3 aromatic carbocycles. The van der Waals surface area contributed by atoms with Gasteiger partial charge in [-0.15, -0.1) is 0 Å². The van der Waals surface area contributed by atoms with Crippen LogP contribution in [0, 0.1) is 17.5 Å². The van der Waals surface area contributed by atoms with Crippen molar-refractivity contribution in [3.63, 3.8) is 0 Å². The lowest BCUT2D eigenvalue weighted by atomic mass is 9.84. The Kier molecular flexibility index (Phi) is 10.2. The molecule has 3 N–H and O–H groups in total. The van der Waals surface area contributed by atoms with Gasteiger partial charge in [0.05, 0.1) is 23.5 Å². The Balaban J connectivity index is 1.43. The van der Waals surface area contributed by atoms with Gasteiger partial charge in [0.1, 0.15) is 23.2 Å². The van der Waals surface area contributed by atoms with Crippen LogP contribution in [0.5, 0.6) is 5.75 Å². The topological polar surface area (TPSA) is 89.8 Å². The van der Waals surface area contributed by atoms with E-state index < -0.39 is 11.6 Å². The molecular formula is C32H32ClF3N6OS. The molecule has 7 nitrogen and oxygen atoms in total. The van der Waals surface area contributed by atoms with Crippen molar-refractivity contribution in [2.75, 3.05) is 14.2 Å². The van der Waals surface area contributed by atoms with Crippen LogP contribution >= 0.6 is 23.4 Å². The number of aliphatic imine (C=N–C) groups is 1. The summed E-state index contributed by atoms with van der Waals surface area (Å²) in [5.41, 5.74) is 12.1. The van der Waals surface area contributed by atoms with Crippen molar-refractivity contribution in [3.8, 4) is 11.4 Å². The fourth-order valence-corrected chi connectivity index (χ4v) is 6.54. The number of nitrogens with zero attached hydrogens (tertiary/aromatic N) is 4. The van der Waals surface area contributed by atoms with E-state index in [4.69, 9.17) is 27.1 Å². The first-order valence-electron chi connectivity index (χ1n) is 14.1. The third-order valence-corrected chi connectivity index (χ3v) is 8.75. The number of hydrogen-bond donors (Lipinski definition) is 2. The zero-order valence-electron chi connectivity index (χ0n) is 24.3. The highest BCUT2D eigenvalue weighted by Crippen LogP contribution is 2.42. The zero-order chi connectivity index (χ0) is 31.2. The number of imidazole rings is 1. The lowest BCUT2D eigenvalue weighted by molar-refractivity contribution is 0.414. The largest absolute Gasteiger partial charge is 0.495 e. The number of benzene rings is 3. The highest BCUT2D eigenvalue weighted by atomic mass is 35.5. The summed E-state index contributed by atoms with van der Waals surface area (Å²) in [5.74, 6) is -0.873. The van der Waals surface area contributed by atoms with Crippen LogP contribution in [0.1, 0.15) is 53.3 Å². The third kappa shape index (κ3) is 7.05. The van der Waals surface area contributed by atoms with E-state index in [-0.39, 0.29) is 29.0 Å². The van der Waals surface area contributed by atoms with Crippen LogP contribution in [-0.2, 0) is 18.6 Å². The van der Waals surface area contributed by atoms with Crippen LogP contribution in [0.25, 0.3) is 5.69 Å². The van der Waals surface area contributed by atoms with E-state index in [2.05, 4.69) is 15.5 Å². The molecule has 5 rings (SSSR count). The average Bonchev–Trinajstić information content (AvgIpc) is 3.39. The maximum Gasteiger partial charge on any atom is 0.209 e. The molecule has 0 saturated carbocycles. The Morgan fingerprint density at radius 3 is 2.61 bits per heavy atom. The highest BCUT2D eigenvalue weighted by Gasteiger charge is 2.31.